The zero-order valence-electron chi connectivity index (χ0n) is 12.3. The molecule has 1 aromatic heterocycles. The molecule has 1 heterocycles. The quantitative estimate of drug-likeness (QED) is 0.777. The molecule has 0 bridgehead atoms. The molecule has 0 aliphatic rings. The number of nitrogens with zero attached hydrogens (tertiary/aromatic N) is 1. The van der Waals surface area contributed by atoms with E-state index >= 15 is 0 Å². The smallest absolute Gasteiger partial charge is 0.175 e. The summed E-state index contributed by atoms with van der Waals surface area (Å²) in [5.41, 5.74) is 6.81. The number of halogens is 2. The van der Waals surface area contributed by atoms with Crippen LogP contribution in [-0.4, -0.2) is 5.16 Å². The summed E-state index contributed by atoms with van der Waals surface area (Å²) >= 11 is 5.87. The van der Waals surface area contributed by atoms with Crippen molar-refractivity contribution in [1.82, 2.24) is 5.16 Å². The molecule has 0 radical (unpaired) electrons. The second-order valence-electron chi connectivity index (χ2n) is 5.18. The highest BCUT2D eigenvalue weighted by atomic mass is 35.5. The summed E-state index contributed by atoms with van der Waals surface area (Å²) in [7, 11) is 0. The van der Waals surface area contributed by atoms with Crippen LogP contribution in [0.3, 0.4) is 0 Å². The number of hydrogen-bond donors (Lipinski definition) is 1. The van der Waals surface area contributed by atoms with Crippen molar-refractivity contribution in [2.75, 3.05) is 5.73 Å². The van der Waals surface area contributed by atoms with E-state index in [-0.39, 0.29) is 16.8 Å². The lowest BCUT2D eigenvalue weighted by molar-refractivity contribution is 0.346. The molecule has 0 saturated heterocycles. The average Bonchev–Trinajstić information content (AvgIpc) is 2.83. The van der Waals surface area contributed by atoms with E-state index in [4.69, 9.17) is 21.9 Å². The molecule has 0 aliphatic heterocycles. The van der Waals surface area contributed by atoms with E-state index in [1.165, 1.54) is 6.07 Å². The lowest BCUT2D eigenvalue weighted by Crippen LogP contribution is -2.01. The van der Waals surface area contributed by atoms with Gasteiger partial charge in [0.05, 0.1) is 10.6 Å². The van der Waals surface area contributed by atoms with Gasteiger partial charge in [0.25, 0.3) is 0 Å². The van der Waals surface area contributed by atoms with Gasteiger partial charge in [-0.1, -0.05) is 55.6 Å². The van der Waals surface area contributed by atoms with Crippen molar-refractivity contribution in [3.63, 3.8) is 0 Å². The van der Waals surface area contributed by atoms with Crippen LogP contribution in [-0.2, 0) is 0 Å². The summed E-state index contributed by atoms with van der Waals surface area (Å²) in [5, 5.41) is 3.91. The van der Waals surface area contributed by atoms with Crippen molar-refractivity contribution in [2.24, 2.45) is 0 Å². The van der Waals surface area contributed by atoms with Gasteiger partial charge in [0.15, 0.2) is 5.82 Å². The Hall–Kier alpha value is -1.55. The second kappa shape index (κ2) is 6.94. The largest absolute Gasteiger partial charge is 0.380 e. The third kappa shape index (κ3) is 3.21. The Morgan fingerprint density at radius 3 is 2.57 bits per heavy atom. The predicted molar refractivity (Wildman–Crippen MR) is 83.9 cm³/mol. The van der Waals surface area contributed by atoms with Crippen LogP contribution in [0.1, 0.15) is 51.2 Å². The fraction of sp³-hybridized carbons (Fsp3) is 0.438. The van der Waals surface area contributed by atoms with Gasteiger partial charge in [0.2, 0.25) is 0 Å². The third-order valence-electron chi connectivity index (χ3n) is 3.61. The normalized spacial score (nSPS) is 11.3. The van der Waals surface area contributed by atoms with E-state index in [0.717, 1.165) is 25.7 Å². The van der Waals surface area contributed by atoms with Crippen LogP contribution in [0.4, 0.5) is 10.2 Å². The minimum absolute atomic E-state index is 0.0709. The summed E-state index contributed by atoms with van der Waals surface area (Å²) in [6.07, 6.45) is 3.95. The number of rotatable bonds is 6. The molecule has 1 aromatic carbocycles. The van der Waals surface area contributed by atoms with Gasteiger partial charge in [0.1, 0.15) is 11.6 Å². The Morgan fingerprint density at radius 2 is 1.95 bits per heavy atom. The molecule has 114 valence electrons. The summed E-state index contributed by atoms with van der Waals surface area (Å²) in [6, 6.07) is 4.87. The Morgan fingerprint density at radius 1 is 1.29 bits per heavy atom. The number of benzene rings is 1. The number of nitrogen functional groups attached to an aromatic ring is 1. The van der Waals surface area contributed by atoms with E-state index in [2.05, 4.69) is 19.0 Å². The van der Waals surface area contributed by atoms with Gasteiger partial charge in [-0.05, 0) is 18.9 Å². The predicted octanol–water partition coefficient (Wildman–Crippen LogP) is 5.40. The standard InChI is InChI=1S/C16H20ClFN2O/c1-3-6-10(7-4-2)15-13(16(19)20-21-15)11-8-5-9-12(17)14(11)18/h5,8-10H,3-4,6-7H2,1-2H3,(H2,19,20). The third-order valence-corrected chi connectivity index (χ3v) is 3.90. The minimum atomic E-state index is -0.484. The molecular formula is C16H20ClFN2O. The van der Waals surface area contributed by atoms with E-state index in [1.54, 1.807) is 12.1 Å². The first-order valence-corrected chi connectivity index (χ1v) is 7.67. The minimum Gasteiger partial charge on any atom is -0.380 e. The maximum atomic E-state index is 14.3. The second-order valence-corrected chi connectivity index (χ2v) is 5.59. The molecule has 0 amide bonds. The van der Waals surface area contributed by atoms with Crippen molar-refractivity contribution >= 4 is 17.4 Å². The van der Waals surface area contributed by atoms with Crippen molar-refractivity contribution in [2.45, 2.75) is 45.4 Å². The maximum absolute atomic E-state index is 14.3. The van der Waals surface area contributed by atoms with Gasteiger partial charge < -0.3 is 10.3 Å². The molecule has 2 rings (SSSR count). The lowest BCUT2D eigenvalue weighted by Gasteiger charge is -2.14. The fourth-order valence-corrected chi connectivity index (χ4v) is 2.84. The summed E-state index contributed by atoms with van der Waals surface area (Å²) in [4.78, 5) is 0. The molecule has 0 unspecified atom stereocenters. The molecule has 5 heteroatoms. The van der Waals surface area contributed by atoms with Crippen molar-refractivity contribution in [3.8, 4) is 11.1 Å². The van der Waals surface area contributed by atoms with E-state index in [1.807, 2.05) is 0 Å². The Labute approximate surface area is 129 Å². The average molecular weight is 311 g/mol. The Balaban J connectivity index is 2.53. The molecule has 3 nitrogen and oxygen atoms in total. The summed E-state index contributed by atoms with van der Waals surface area (Å²) < 4.78 is 19.7. The highest BCUT2D eigenvalue weighted by Gasteiger charge is 2.25. The summed E-state index contributed by atoms with van der Waals surface area (Å²) in [6.45, 7) is 4.23. The molecule has 2 aromatic rings. The first kappa shape index (κ1) is 15.8. The molecule has 0 atom stereocenters. The number of nitrogens with two attached hydrogens (primary N) is 1. The van der Waals surface area contributed by atoms with Crippen LogP contribution in [0, 0.1) is 5.82 Å². The molecule has 0 saturated carbocycles. The zero-order valence-corrected chi connectivity index (χ0v) is 13.1. The first-order valence-electron chi connectivity index (χ1n) is 7.29. The Bertz CT molecular complexity index is 606. The van der Waals surface area contributed by atoms with E-state index in [0.29, 0.717) is 16.9 Å². The SMILES string of the molecule is CCCC(CCC)c1onc(N)c1-c1cccc(Cl)c1F. The topological polar surface area (TPSA) is 52.0 Å². The van der Waals surface area contributed by atoms with E-state index in [9.17, 15) is 4.39 Å². The number of aromatic nitrogens is 1. The van der Waals surface area contributed by atoms with Gasteiger partial charge in [-0.3, -0.25) is 0 Å². The monoisotopic (exact) mass is 310 g/mol. The molecule has 0 spiro atoms. The number of hydrogen-bond acceptors (Lipinski definition) is 3. The lowest BCUT2D eigenvalue weighted by atomic mass is 9.90. The van der Waals surface area contributed by atoms with Gasteiger partial charge >= 0.3 is 0 Å². The van der Waals surface area contributed by atoms with Crippen LogP contribution >= 0.6 is 11.6 Å². The number of anilines is 1. The molecule has 0 fully saturated rings. The molecule has 2 N–H and O–H groups in total. The van der Waals surface area contributed by atoms with E-state index < -0.39 is 5.82 Å². The van der Waals surface area contributed by atoms with Crippen LogP contribution in [0.2, 0.25) is 5.02 Å². The first-order chi connectivity index (χ1) is 10.1. The highest BCUT2D eigenvalue weighted by molar-refractivity contribution is 6.31. The Kier molecular flexibility index (Phi) is 5.23. The maximum Gasteiger partial charge on any atom is 0.175 e. The van der Waals surface area contributed by atoms with Crippen molar-refractivity contribution < 1.29 is 8.91 Å². The van der Waals surface area contributed by atoms with Crippen molar-refractivity contribution in [1.29, 1.82) is 0 Å². The zero-order chi connectivity index (χ0) is 15.4. The van der Waals surface area contributed by atoms with Crippen LogP contribution in [0.25, 0.3) is 11.1 Å². The van der Waals surface area contributed by atoms with Gasteiger partial charge in [-0.15, -0.1) is 0 Å². The van der Waals surface area contributed by atoms with Crippen LogP contribution in [0.5, 0.6) is 0 Å². The molecule has 21 heavy (non-hydrogen) atoms. The van der Waals surface area contributed by atoms with Crippen molar-refractivity contribution in [3.05, 3.63) is 34.8 Å². The fourth-order valence-electron chi connectivity index (χ4n) is 2.67. The van der Waals surface area contributed by atoms with Gasteiger partial charge in [-0.25, -0.2) is 4.39 Å². The van der Waals surface area contributed by atoms with Crippen LogP contribution < -0.4 is 5.73 Å². The van der Waals surface area contributed by atoms with Gasteiger partial charge in [0, 0.05) is 11.5 Å². The van der Waals surface area contributed by atoms with Gasteiger partial charge in [-0.2, -0.15) is 0 Å². The summed E-state index contributed by atoms with van der Waals surface area (Å²) in [5.74, 6) is 0.584. The molecular weight excluding hydrogens is 291 g/mol. The highest BCUT2D eigenvalue weighted by Crippen LogP contribution is 2.40. The van der Waals surface area contributed by atoms with Crippen LogP contribution in [0.15, 0.2) is 22.7 Å². The molecule has 0 aliphatic carbocycles.